The lowest BCUT2D eigenvalue weighted by atomic mass is 10.0. The number of allylic oxidation sites excluding steroid dienone is 1. The summed E-state index contributed by atoms with van der Waals surface area (Å²) in [5.74, 6) is -0.231. The maximum atomic E-state index is 11.4. The molecule has 0 aromatic heterocycles. The Morgan fingerprint density at radius 3 is 2.46 bits per heavy atom. The lowest BCUT2D eigenvalue weighted by Crippen LogP contribution is -2.56. The SMILES string of the molecule is C/C=C1\NC(=O)[C@@H](C(C)C)NC1=O. The number of piperazine rings is 1. The third kappa shape index (κ3) is 1.88. The maximum Gasteiger partial charge on any atom is 0.268 e. The smallest absolute Gasteiger partial charge is 0.268 e. The van der Waals surface area contributed by atoms with Crippen molar-refractivity contribution in [2.75, 3.05) is 0 Å². The molecule has 13 heavy (non-hydrogen) atoms. The lowest BCUT2D eigenvalue weighted by Gasteiger charge is -2.27. The normalized spacial score (nSPS) is 26.2. The van der Waals surface area contributed by atoms with Gasteiger partial charge in [-0.05, 0) is 12.8 Å². The standard InChI is InChI=1S/C9H14N2O2/c1-4-6-8(12)11-7(5(2)3)9(13)10-6/h4-5,7H,1-3H3,(H,10,13)(H,11,12)/b6-4-/t7-/m1/s1. The molecule has 1 heterocycles. The second-order valence-electron chi connectivity index (χ2n) is 3.39. The van der Waals surface area contributed by atoms with Gasteiger partial charge >= 0.3 is 0 Å². The predicted octanol–water partition coefficient (Wildman–Crippen LogP) is 0.161. The Kier molecular flexibility index (Phi) is 2.70. The van der Waals surface area contributed by atoms with Gasteiger partial charge in [-0.2, -0.15) is 0 Å². The molecular weight excluding hydrogens is 168 g/mol. The summed E-state index contributed by atoms with van der Waals surface area (Å²) in [5.41, 5.74) is 0.335. The molecule has 72 valence electrons. The van der Waals surface area contributed by atoms with Crippen LogP contribution in [-0.4, -0.2) is 17.9 Å². The summed E-state index contributed by atoms with van der Waals surface area (Å²) in [6.07, 6.45) is 1.59. The van der Waals surface area contributed by atoms with Gasteiger partial charge in [0.25, 0.3) is 5.91 Å². The summed E-state index contributed by atoms with van der Waals surface area (Å²) in [7, 11) is 0. The van der Waals surface area contributed by atoms with E-state index in [1.807, 2.05) is 13.8 Å². The molecule has 0 aromatic rings. The van der Waals surface area contributed by atoms with Crippen molar-refractivity contribution in [3.8, 4) is 0 Å². The van der Waals surface area contributed by atoms with Crippen LogP contribution in [0.2, 0.25) is 0 Å². The van der Waals surface area contributed by atoms with E-state index in [0.717, 1.165) is 0 Å². The summed E-state index contributed by atoms with van der Waals surface area (Å²) in [4.78, 5) is 22.7. The first kappa shape index (κ1) is 9.77. The third-order valence-electron chi connectivity index (χ3n) is 2.03. The number of nitrogens with one attached hydrogen (secondary N) is 2. The van der Waals surface area contributed by atoms with Crippen LogP contribution >= 0.6 is 0 Å². The van der Waals surface area contributed by atoms with Crippen molar-refractivity contribution in [2.45, 2.75) is 26.8 Å². The fourth-order valence-electron chi connectivity index (χ4n) is 1.22. The summed E-state index contributed by atoms with van der Waals surface area (Å²) in [6.45, 7) is 5.50. The van der Waals surface area contributed by atoms with Gasteiger partial charge in [0.15, 0.2) is 0 Å². The highest BCUT2D eigenvalue weighted by Crippen LogP contribution is 2.08. The van der Waals surface area contributed by atoms with Crippen LogP contribution in [-0.2, 0) is 9.59 Å². The van der Waals surface area contributed by atoms with Gasteiger partial charge < -0.3 is 10.6 Å². The van der Waals surface area contributed by atoms with E-state index < -0.39 is 6.04 Å². The molecule has 0 unspecified atom stereocenters. The number of amides is 2. The Labute approximate surface area is 77.4 Å². The van der Waals surface area contributed by atoms with Gasteiger partial charge in [-0.25, -0.2) is 0 Å². The number of carbonyl (C=O) groups excluding carboxylic acids is 2. The van der Waals surface area contributed by atoms with Crippen LogP contribution in [0.3, 0.4) is 0 Å². The summed E-state index contributed by atoms with van der Waals surface area (Å²) in [5, 5.41) is 5.20. The second-order valence-corrected chi connectivity index (χ2v) is 3.39. The average molecular weight is 182 g/mol. The molecule has 1 rings (SSSR count). The highest BCUT2D eigenvalue weighted by Gasteiger charge is 2.30. The first-order valence-electron chi connectivity index (χ1n) is 4.34. The van der Waals surface area contributed by atoms with E-state index in [0.29, 0.717) is 5.70 Å². The van der Waals surface area contributed by atoms with Crippen molar-refractivity contribution in [3.63, 3.8) is 0 Å². The van der Waals surface area contributed by atoms with Gasteiger partial charge in [-0.1, -0.05) is 19.9 Å². The van der Waals surface area contributed by atoms with Gasteiger partial charge in [0.2, 0.25) is 5.91 Å². The van der Waals surface area contributed by atoms with Crippen molar-refractivity contribution in [3.05, 3.63) is 11.8 Å². The summed E-state index contributed by atoms with van der Waals surface area (Å²) < 4.78 is 0. The zero-order valence-electron chi connectivity index (χ0n) is 8.05. The first-order chi connectivity index (χ1) is 6.06. The number of rotatable bonds is 1. The topological polar surface area (TPSA) is 58.2 Å². The van der Waals surface area contributed by atoms with Gasteiger partial charge in [0.05, 0.1) is 0 Å². The van der Waals surface area contributed by atoms with Crippen molar-refractivity contribution in [1.82, 2.24) is 10.6 Å². The largest absolute Gasteiger partial charge is 0.339 e. The van der Waals surface area contributed by atoms with Crippen LogP contribution in [0.15, 0.2) is 11.8 Å². The lowest BCUT2D eigenvalue weighted by molar-refractivity contribution is -0.132. The maximum absolute atomic E-state index is 11.4. The van der Waals surface area contributed by atoms with Crippen LogP contribution in [0.1, 0.15) is 20.8 Å². The molecule has 0 saturated carbocycles. The Morgan fingerprint density at radius 2 is 2.00 bits per heavy atom. The number of hydrogen-bond donors (Lipinski definition) is 2. The molecule has 4 nitrogen and oxygen atoms in total. The fourth-order valence-corrected chi connectivity index (χ4v) is 1.22. The van der Waals surface area contributed by atoms with Crippen molar-refractivity contribution in [2.24, 2.45) is 5.92 Å². The molecule has 0 spiro atoms. The van der Waals surface area contributed by atoms with Crippen LogP contribution in [0.5, 0.6) is 0 Å². The molecule has 1 aliphatic heterocycles. The van der Waals surface area contributed by atoms with E-state index in [-0.39, 0.29) is 17.7 Å². The van der Waals surface area contributed by atoms with E-state index in [1.54, 1.807) is 13.0 Å². The molecule has 1 atom stereocenters. The molecule has 1 fully saturated rings. The van der Waals surface area contributed by atoms with Crippen LogP contribution < -0.4 is 10.6 Å². The van der Waals surface area contributed by atoms with E-state index in [9.17, 15) is 9.59 Å². The predicted molar refractivity (Wildman–Crippen MR) is 48.7 cm³/mol. The van der Waals surface area contributed by atoms with Crippen molar-refractivity contribution in [1.29, 1.82) is 0 Å². The van der Waals surface area contributed by atoms with Gasteiger partial charge in [-0.3, -0.25) is 9.59 Å². The Hall–Kier alpha value is -1.32. The highest BCUT2D eigenvalue weighted by atomic mass is 16.2. The zero-order chi connectivity index (χ0) is 10.0. The first-order valence-corrected chi connectivity index (χ1v) is 4.34. The molecule has 0 bridgehead atoms. The van der Waals surface area contributed by atoms with E-state index >= 15 is 0 Å². The van der Waals surface area contributed by atoms with E-state index in [2.05, 4.69) is 10.6 Å². The van der Waals surface area contributed by atoms with Gasteiger partial charge in [-0.15, -0.1) is 0 Å². The molecule has 4 heteroatoms. The zero-order valence-corrected chi connectivity index (χ0v) is 8.05. The monoisotopic (exact) mass is 182 g/mol. The highest BCUT2D eigenvalue weighted by molar-refractivity contribution is 6.04. The molecule has 0 radical (unpaired) electrons. The molecule has 0 aromatic carbocycles. The molecule has 1 saturated heterocycles. The minimum Gasteiger partial charge on any atom is -0.339 e. The van der Waals surface area contributed by atoms with E-state index in [1.165, 1.54) is 0 Å². The van der Waals surface area contributed by atoms with Crippen molar-refractivity contribution >= 4 is 11.8 Å². The molecule has 2 amide bonds. The minimum atomic E-state index is -0.406. The average Bonchev–Trinajstić information content (AvgIpc) is 2.07. The number of carbonyl (C=O) groups is 2. The van der Waals surface area contributed by atoms with Crippen LogP contribution in [0, 0.1) is 5.92 Å². The quantitative estimate of drug-likeness (QED) is 0.567. The summed E-state index contributed by atoms with van der Waals surface area (Å²) >= 11 is 0. The van der Waals surface area contributed by atoms with E-state index in [4.69, 9.17) is 0 Å². The molecule has 2 N–H and O–H groups in total. The van der Waals surface area contributed by atoms with Gasteiger partial charge in [0.1, 0.15) is 11.7 Å². The number of hydrogen-bond acceptors (Lipinski definition) is 2. The minimum absolute atomic E-state index is 0.113. The van der Waals surface area contributed by atoms with Gasteiger partial charge in [0, 0.05) is 0 Å². The molecular formula is C9H14N2O2. The van der Waals surface area contributed by atoms with Crippen LogP contribution in [0.4, 0.5) is 0 Å². The van der Waals surface area contributed by atoms with Crippen LogP contribution in [0.25, 0.3) is 0 Å². The van der Waals surface area contributed by atoms with Crippen molar-refractivity contribution < 1.29 is 9.59 Å². The second kappa shape index (κ2) is 3.60. The third-order valence-corrected chi connectivity index (χ3v) is 2.03. The Bertz CT molecular complexity index is 269. The Morgan fingerprint density at radius 1 is 1.38 bits per heavy atom. The molecule has 0 aliphatic carbocycles. The Balaban J connectivity index is 2.79. The fraction of sp³-hybridized carbons (Fsp3) is 0.556. The molecule has 1 aliphatic rings. The summed E-state index contributed by atoms with van der Waals surface area (Å²) in [6, 6.07) is -0.406.